The highest BCUT2D eigenvalue weighted by molar-refractivity contribution is 7.13. The zero-order valence-corrected chi connectivity index (χ0v) is 17.9. The molecule has 1 N–H and O–H groups in total. The molecule has 6 nitrogen and oxygen atoms in total. The molecule has 0 fully saturated rings. The lowest BCUT2D eigenvalue weighted by Crippen LogP contribution is -2.24. The molecule has 0 radical (unpaired) electrons. The van der Waals surface area contributed by atoms with E-state index in [1.807, 2.05) is 29.6 Å². The molecule has 0 atom stereocenters. The van der Waals surface area contributed by atoms with Crippen molar-refractivity contribution < 1.29 is 19.0 Å². The van der Waals surface area contributed by atoms with Crippen LogP contribution in [0.25, 0.3) is 10.6 Å². The van der Waals surface area contributed by atoms with Crippen molar-refractivity contribution in [1.82, 2.24) is 10.3 Å². The summed E-state index contributed by atoms with van der Waals surface area (Å²) in [5.41, 5.74) is 2.40. The molecule has 29 heavy (non-hydrogen) atoms. The fourth-order valence-corrected chi connectivity index (χ4v) is 3.95. The first-order valence-electron chi connectivity index (χ1n) is 8.80. The monoisotopic (exact) mass is 432 g/mol. The van der Waals surface area contributed by atoms with Gasteiger partial charge >= 0.3 is 0 Å². The van der Waals surface area contributed by atoms with Crippen molar-refractivity contribution in [3.8, 4) is 27.8 Å². The summed E-state index contributed by atoms with van der Waals surface area (Å²) in [4.78, 5) is 16.9. The second-order valence-electron chi connectivity index (χ2n) is 6.11. The van der Waals surface area contributed by atoms with E-state index < -0.39 is 0 Å². The van der Waals surface area contributed by atoms with Crippen LogP contribution in [-0.2, 0) is 17.8 Å². The zero-order valence-electron chi connectivity index (χ0n) is 16.3. The van der Waals surface area contributed by atoms with Gasteiger partial charge in [0.2, 0.25) is 11.7 Å². The van der Waals surface area contributed by atoms with Gasteiger partial charge in [0.1, 0.15) is 5.01 Å². The minimum atomic E-state index is -0.130. The summed E-state index contributed by atoms with van der Waals surface area (Å²) < 4.78 is 16.0. The molecule has 3 aromatic rings. The Morgan fingerprint density at radius 3 is 2.41 bits per heavy atom. The van der Waals surface area contributed by atoms with Crippen LogP contribution in [0.3, 0.4) is 0 Å². The van der Waals surface area contributed by atoms with Gasteiger partial charge in [-0.25, -0.2) is 4.98 Å². The zero-order chi connectivity index (χ0) is 20.8. The Bertz CT molecular complexity index is 981. The Hall–Kier alpha value is -2.77. The lowest BCUT2D eigenvalue weighted by Gasteiger charge is -2.14. The van der Waals surface area contributed by atoms with E-state index in [-0.39, 0.29) is 12.3 Å². The van der Waals surface area contributed by atoms with Gasteiger partial charge in [0, 0.05) is 17.5 Å². The van der Waals surface area contributed by atoms with Crippen LogP contribution in [0.4, 0.5) is 0 Å². The first-order chi connectivity index (χ1) is 14.0. The van der Waals surface area contributed by atoms with Gasteiger partial charge in [0.25, 0.3) is 0 Å². The van der Waals surface area contributed by atoms with E-state index in [9.17, 15) is 4.79 Å². The molecule has 0 aliphatic heterocycles. The van der Waals surface area contributed by atoms with Crippen molar-refractivity contribution in [2.24, 2.45) is 0 Å². The van der Waals surface area contributed by atoms with Crippen molar-refractivity contribution in [3.63, 3.8) is 0 Å². The quantitative estimate of drug-likeness (QED) is 0.573. The number of halogens is 1. The van der Waals surface area contributed by atoms with E-state index in [2.05, 4.69) is 10.3 Å². The Balaban J connectivity index is 1.64. The normalized spacial score (nSPS) is 10.5. The van der Waals surface area contributed by atoms with Crippen LogP contribution >= 0.6 is 22.9 Å². The minimum absolute atomic E-state index is 0.130. The van der Waals surface area contributed by atoms with Gasteiger partial charge in [0.05, 0.1) is 38.5 Å². The predicted octanol–water partition coefficient (Wildman–Crippen LogP) is 4.35. The Morgan fingerprint density at radius 2 is 1.79 bits per heavy atom. The molecular formula is C21H21ClN2O4S. The topological polar surface area (TPSA) is 69.7 Å². The van der Waals surface area contributed by atoms with Crippen molar-refractivity contribution in [2.45, 2.75) is 13.0 Å². The maximum absolute atomic E-state index is 12.4. The average molecular weight is 433 g/mol. The van der Waals surface area contributed by atoms with Crippen molar-refractivity contribution in [3.05, 3.63) is 58.1 Å². The van der Waals surface area contributed by atoms with Crippen LogP contribution in [0.15, 0.2) is 41.8 Å². The highest BCUT2D eigenvalue weighted by Crippen LogP contribution is 2.38. The predicted molar refractivity (Wildman–Crippen MR) is 114 cm³/mol. The molecule has 0 saturated heterocycles. The number of carbonyl (C=O) groups is 1. The number of hydrogen-bond acceptors (Lipinski definition) is 6. The minimum Gasteiger partial charge on any atom is -0.493 e. The lowest BCUT2D eigenvalue weighted by atomic mass is 10.1. The summed E-state index contributed by atoms with van der Waals surface area (Å²) in [6.07, 6.45) is 0.186. The smallest absolute Gasteiger partial charge is 0.226 e. The second-order valence-corrected chi connectivity index (χ2v) is 7.38. The van der Waals surface area contributed by atoms with Gasteiger partial charge < -0.3 is 19.5 Å². The second kappa shape index (κ2) is 9.62. The third-order valence-corrected chi connectivity index (χ3v) is 5.47. The van der Waals surface area contributed by atoms with Crippen LogP contribution in [-0.4, -0.2) is 32.2 Å². The molecule has 1 aromatic heterocycles. The lowest BCUT2D eigenvalue weighted by molar-refractivity contribution is -0.120. The summed E-state index contributed by atoms with van der Waals surface area (Å²) in [6, 6.07) is 11.1. The summed E-state index contributed by atoms with van der Waals surface area (Å²) in [5.74, 6) is 1.47. The maximum Gasteiger partial charge on any atom is 0.226 e. The largest absolute Gasteiger partial charge is 0.493 e. The van der Waals surface area contributed by atoms with Crippen molar-refractivity contribution in [1.29, 1.82) is 0 Å². The summed E-state index contributed by atoms with van der Waals surface area (Å²) in [5, 5.41) is 6.20. The van der Waals surface area contributed by atoms with E-state index in [0.29, 0.717) is 34.5 Å². The van der Waals surface area contributed by atoms with E-state index in [4.69, 9.17) is 25.8 Å². The number of aromatic nitrogens is 1. The number of methoxy groups -OCH3 is 3. The van der Waals surface area contributed by atoms with Gasteiger partial charge in [-0.2, -0.15) is 0 Å². The summed E-state index contributed by atoms with van der Waals surface area (Å²) in [6.45, 7) is 0.330. The van der Waals surface area contributed by atoms with Gasteiger partial charge in [-0.3, -0.25) is 4.79 Å². The van der Waals surface area contributed by atoms with E-state index in [1.165, 1.54) is 11.3 Å². The third kappa shape index (κ3) is 4.99. The van der Waals surface area contributed by atoms with Gasteiger partial charge in [-0.05, 0) is 23.8 Å². The van der Waals surface area contributed by atoms with E-state index in [1.54, 1.807) is 33.5 Å². The number of nitrogens with zero attached hydrogens (tertiary/aromatic N) is 1. The third-order valence-electron chi connectivity index (χ3n) is 4.21. The summed E-state index contributed by atoms with van der Waals surface area (Å²) >= 11 is 7.69. The highest BCUT2D eigenvalue weighted by Gasteiger charge is 2.14. The molecule has 0 bridgehead atoms. The number of amides is 1. The SMILES string of the molecule is COc1cc(CNC(=O)Cc2csc(-c3ccccc3Cl)n2)cc(OC)c1OC. The van der Waals surface area contributed by atoms with Crippen LogP contribution in [0.5, 0.6) is 17.2 Å². The number of hydrogen-bond donors (Lipinski definition) is 1. The van der Waals surface area contributed by atoms with Crippen LogP contribution in [0.1, 0.15) is 11.3 Å². The first kappa shape index (κ1) is 21.0. The molecule has 0 aliphatic carbocycles. The van der Waals surface area contributed by atoms with Crippen LogP contribution < -0.4 is 19.5 Å². The van der Waals surface area contributed by atoms with Gasteiger partial charge in [-0.1, -0.05) is 29.8 Å². The number of carbonyl (C=O) groups excluding carboxylic acids is 1. The molecule has 8 heteroatoms. The average Bonchev–Trinajstić information content (AvgIpc) is 3.19. The number of benzene rings is 2. The van der Waals surface area contributed by atoms with Crippen molar-refractivity contribution >= 4 is 28.8 Å². The first-order valence-corrected chi connectivity index (χ1v) is 10.1. The molecule has 0 unspecified atom stereocenters. The molecule has 1 heterocycles. The molecular weight excluding hydrogens is 412 g/mol. The Labute approximate surface area is 178 Å². The van der Waals surface area contributed by atoms with Crippen LogP contribution in [0.2, 0.25) is 5.02 Å². The highest BCUT2D eigenvalue weighted by atomic mass is 35.5. The van der Waals surface area contributed by atoms with E-state index >= 15 is 0 Å². The Morgan fingerprint density at radius 1 is 1.10 bits per heavy atom. The Kier molecular flexibility index (Phi) is 6.95. The standard InChI is InChI=1S/C21H21ClN2O4S/c1-26-17-8-13(9-18(27-2)20(17)28-3)11-23-19(25)10-14-12-29-21(24-14)15-6-4-5-7-16(15)22/h4-9,12H,10-11H2,1-3H3,(H,23,25). The molecule has 0 aliphatic rings. The number of thiazole rings is 1. The fourth-order valence-electron chi connectivity index (χ4n) is 2.81. The molecule has 0 saturated carbocycles. The maximum atomic E-state index is 12.4. The fraction of sp³-hybridized carbons (Fsp3) is 0.238. The number of ether oxygens (including phenoxy) is 3. The van der Waals surface area contributed by atoms with Crippen molar-refractivity contribution in [2.75, 3.05) is 21.3 Å². The number of rotatable bonds is 8. The number of nitrogens with one attached hydrogen (secondary N) is 1. The van der Waals surface area contributed by atoms with Gasteiger partial charge in [0.15, 0.2) is 11.5 Å². The van der Waals surface area contributed by atoms with Crippen LogP contribution in [0, 0.1) is 0 Å². The molecule has 1 amide bonds. The molecule has 152 valence electrons. The molecule has 3 rings (SSSR count). The molecule has 2 aromatic carbocycles. The summed E-state index contributed by atoms with van der Waals surface area (Å²) in [7, 11) is 4.66. The van der Waals surface area contributed by atoms with Gasteiger partial charge in [-0.15, -0.1) is 11.3 Å². The molecule has 0 spiro atoms. The van der Waals surface area contributed by atoms with E-state index in [0.717, 1.165) is 16.1 Å².